The van der Waals surface area contributed by atoms with Crippen LogP contribution in [0.2, 0.25) is 0 Å². The molecule has 0 aliphatic carbocycles. The molecule has 0 radical (unpaired) electrons. The summed E-state index contributed by atoms with van der Waals surface area (Å²) in [5, 5.41) is 4.68. The summed E-state index contributed by atoms with van der Waals surface area (Å²) in [7, 11) is 1.44. The number of carbonyl (C=O) groups is 2. The lowest BCUT2D eigenvalue weighted by Crippen LogP contribution is -2.35. The summed E-state index contributed by atoms with van der Waals surface area (Å²) >= 11 is 1.32. The molecule has 2 rings (SSSR count). The van der Waals surface area contributed by atoms with E-state index in [1.807, 2.05) is 0 Å². The molecule has 24 heavy (non-hydrogen) atoms. The number of nitrogens with two attached hydrogens (primary N) is 1. The van der Waals surface area contributed by atoms with Crippen LogP contribution >= 0.6 is 11.3 Å². The summed E-state index contributed by atoms with van der Waals surface area (Å²) in [5.41, 5.74) is 5.65. The molecule has 2 aromatic rings. The Hall–Kier alpha value is -2.39. The van der Waals surface area contributed by atoms with E-state index in [9.17, 15) is 18.4 Å². The molecule has 0 aliphatic rings. The molecule has 0 fully saturated rings. The molecule has 1 aromatic carbocycles. The topological polar surface area (TPSA) is 88.3 Å². The van der Waals surface area contributed by atoms with Gasteiger partial charge in [0.25, 0.3) is 5.91 Å². The van der Waals surface area contributed by atoms with Gasteiger partial charge in [0.05, 0.1) is 11.6 Å². The molecule has 128 valence electrons. The largest absolute Gasteiger partial charge is 0.331 e. The van der Waals surface area contributed by atoms with Gasteiger partial charge in [-0.3, -0.25) is 9.59 Å². The predicted octanol–water partition coefficient (Wildman–Crippen LogP) is 1.63. The molecule has 3 N–H and O–H groups in total. The number of nitrogens with one attached hydrogen (secondary N) is 1. The summed E-state index contributed by atoms with van der Waals surface area (Å²) in [6.07, 6.45) is 0.577. The van der Waals surface area contributed by atoms with Crippen LogP contribution in [0.3, 0.4) is 0 Å². The predicted molar refractivity (Wildman–Crippen MR) is 86.8 cm³/mol. The average Bonchev–Trinajstić information content (AvgIpc) is 2.94. The molecule has 1 aromatic heterocycles. The maximum absolute atomic E-state index is 13.1. The number of hydrogen-bond donors (Lipinski definition) is 2. The number of benzene rings is 1. The van der Waals surface area contributed by atoms with Crippen molar-refractivity contribution in [1.82, 2.24) is 9.88 Å². The van der Waals surface area contributed by atoms with Crippen molar-refractivity contribution in [3.63, 3.8) is 0 Å². The van der Waals surface area contributed by atoms with E-state index in [0.717, 1.165) is 17.1 Å². The Labute approximate surface area is 141 Å². The SMILES string of the molecule is CN(CC(=O)Nc1cc(F)cc(F)c1)C(=O)c1csc(CCN)n1. The highest BCUT2D eigenvalue weighted by Gasteiger charge is 2.18. The van der Waals surface area contributed by atoms with Gasteiger partial charge in [0.15, 0.2) is 0 Å². The van der Waals surface area contributed by atoms with Gasteiger partial charge in [0, 0.05) is 30.6 Å². The molecular weight excluding hydrogens is 338 g/mol. The number of halogens is 2. The fourth-order valence-electron chi connectivity index (χ4n) is 1.96. The van der Waals surface area contributed by atoms with Crippen LogP contribution < -0.4 is 11.1 Å². The summed E-state index contributed by atoms with van der Waals surface area (Å²) in [4.78, 5) is 29.4. The number of rotatable bonds is 6. The third-order valence-corrected chi connectivity index (χ3v) is 3.91. The molecule has 2 amide bonds. The van der Waals surface area contributed by atoms with Gasteiger partial charge in [0.1, 0.15) is 17.3 Å². The zero-order valence-corrected chi connectivity index (χ0v) is 13.7. The van der Waals surface area contributed by atoms with Crippen LogP contribution in [0.25, 0.3) is 0 Å². The molecule has 0 saturated heterocycles. The molecule has 0 bridgehead atoms. The second-order valence-corrected chi connectivity index (χ2v) is 5.98. The normalized spacial score (nSPS) is 10.5. The van der Waals surface area contributed by atoms with Crippen molar-refractivity contribution in [3.8, 4) is 0 Å². The number of likely N-dealkylation sites (N-methyl/N-ethyl adjacent to an activating group) is 1. The lowest BCUT2D eigenvalue weighted by Gasteiger charge is -2.15. The Morgan fingerprint density at radius 3 is 2.58 bits per heavy atom. The Kier molecular flexibility index (Phi) is 5.93. The first-order chi connectivity index (χ1) is 11.4. The molecular formula is C15H16F2N4O2S. The zero-order chi connectivity index (χ0) is 17.7. The van der Waals surface area contributed by atoms with E-state index in [4.69, 9.17) is 5.73 Å². The number of carbonyl (C=O) groups excluding carboxylic acids is 2. The van der Waals surface area contributed by atoms with Gasteiger partial charge in [-0.25, -0.2) is 13.8 Å². The number of nitrogens with zero attached hydrogens (tertiary/aromatic N) is 2. The van der Waals surface area contributed by atoms with Crippen LogP contribution in [0.1, 0.15) is 15.5 Å². The maximum atomic E-state index is 13.1. The number of amides is 2. The van der Waals surface area contributed by atoms with Gasteiger partial charge < -0.3 is 16.0 Å². The van der Waals surface area contributed by atoms with Gasteiger partial charge in [-0.05, 0) is 18.7 Å². The van der Waals surface area contributed by atoms with E-state index < -0.39 is 23.4 Å². The van der Waals surface area contributed by atoms with Crippen molar-refractivity contribution in [1.29, 1.82) is 0 Å². The Morgan fingerprint density at radius 1 is 1.29 bits per heavy atom. The van der Waals surface area contributed by atoms with Gasteiger partial charge in [0.2, 0.25) is 5.91 Å². The van der Waals surface area contributed by atoms with Crippen molar-refractivity contribution in [2.45, 2.75) is 6.42 Å². The standard InChI is InChI=1S/C15H16F2N4O2S/c1-21(15(23)12-8-24-14(20-12)2-3-18)7-13(22)19-11-5-9(16)4-10(17)6-11/h4-6,8H,2-3,7,18H2,1H3,(H,19,22). The minimum Gasteiger partial charge on any atom is -0.331 e. The molecule has 9 heteroatoms. The Morgan fingerprint density at radius 2 is 1.96 bits per heavy atom. The monoisotopic (exact) mass is 354 g/mol. The van der Waals surface area contributed by atoms with Crippen molar-refractivity contribution < 1.29 is 18.4 Å². The number of thiazole rings is 1. The van der Waals surface area contributed by atoms with Crippen LogP contribution in [-0.2, 0) is 11.2 Å². The molecule has 0 atom stereocenters. The Balaban J connectivity index is 1.95. The van der Waals surface area contributed by atoms with E-state index in [1.165, 1.54) is 23.3 Å². The van der Waals surface area contributed by atoms with E-state index in [0.29, 0.717) is 19.0 Å². The number of aromatic nitrogens is 1. The Bertz CT molecular complexity index is 731. The van der Waals surface area contributed by atoms with Crippen molar-refractivity contribution in [2.24, 2.45) is 5.73 Å². The zero-order valence-electron chi connectivity index (χ0n) is 12.9. The first-order valence-electron chi connectivity index (χ1n) is 7.05. The second kappa shape index (κ2) is 7.93. The van der Waals surface area contributed by atoms with Crippen molar-refractivity contribution in [3.05, 3.63) is 45.9 Å². The number of anilines is 1. The first-order valence-corrected chi connectivity index (χ1v) is 7.93. The van der Waals surface area contributed by atoms with Gasteiger partial charge in [-0.1, -0.05) is 0 Å². The van der Waals surface area contributed by atoms with Crippen LogP contribution in [0, 0.1) is 11.6 Å². The quantitative estimate of drug-likeness (QED) is 0.825. The van der Waals surface area contributed by atoms with Crippen LogP contribution in [0.15, 0.2) is 23.6 Å². The van der Waals surface area contributed by atoms with Crippen LogP contribution in [0.5, 0.6) is 0 Å². The second-order valence-electron chi connectivity index (χ2n) is 5.03. The molecule has 6 nitrogen and oxygen atoms in total. The highest BCUT2D eigenvalue weighted by atomic mass is 32.1. The third kappa shape index (κ3) is 4.80. The van der Waals surface area contributed by atoms with Gasteiger partial charge >= 0.3 is 0 Å². The minimum absolute atomic E-state index is 0.0164. The molecule has 0 unspecified atom stereocenters. The molecule has 0 saturated carbocycles. The minimum atomic E-state index is -0.801. The molecule has 0 aliphatic heterocycles. The van der Waals surface area contributed by atoms with Gasteiger partial charge in [-0.15, -0.1) is 11.3 Å². The number of hydrogen-bond acceptors (Lipinski definition) is 5. The lowest BCUT2D eigenvalue weighted by molar-refractivity contribution is -0.116. The maximum Gasteiger partial charge on any atom is 0.273 e. The highest BCUT2D eigenvalue weighted by Crippen LogP contribution is 2.14. The summed E-state index contributed by atoms with van der Waals surface area (Å²) in [6.45, 7) is 0.157. The molecule has 1 heterocycles. The summed E-state index contributed by atoms with van der Waals surface area (Å²) in [5.74, 6) is -2.60. The van der Waals surface area contributed by atoms with E-state index in [-0.39, 0.29) is 17.9 Å². The summed E-state index contributed by atoms with van der Waals surface area (Å²) in [6, 6.07) is 2.68. The van der Waals surface area contributed by atoms with E-state index >= 15 is 0 Å². The average molecular weight is 354 g/mol. The van der Waals surface area contributed by atoms with Crippen LogP contribution in [-0.4, -0.2) is 41.8 Å². The fourth-order valence-corrected chi connectivity index (χ4v) is 2.74. The fraction of sp³-hybridized carbons (Fsp3) is 0.267. The first kappa shape index (κ1) is 18.0. The molecule has 0 spiro atoms. The van der Waals surface area contributed by atoms with Crippen molar-refractivity contribution in [2.75, 3.05) is 25.5 Å². The summed E-state index contributed by atoms with van der Waals surface area (Å²) < 4.78 is 26.2. The van der Waals surface area contributed by atoms with Crippen molar-refractivity contribution >= 4 is 28.8 Å². The van der Waals surface area contributed by atoms with Crippen LogP contribution in [0.4, 0.5) is 14.5 Å². The smallest absolute Gasteiger partial charge is 0.273 e. The van der Waals surface area contributed by atoms with E-state index in [1.54, 1.807) is 5.38 Å². The third-order valence-electron chi connectivity index (χ3n) is 3.00. The van der Waals surface area contributed by atoms with Gasteiger partial charge in [-0.2, -0.15) is 0 Å². The van der Waals surface area contributed by atoms with E-state index in [2.05, 4.69) is 10.3 Å². The lowest BCUT2D eigenvalue weighted by atomic mass is 10.3. The highest BCUT2D eigenvalue weighted by molar-refractivity contribution is 7.09.